The van der Waals surface area contributed by atoms with Crippen LogP contribution in [0.1, 0.15) is 54.2 Å². The number of hydrogen-bond donors (Lipinski definition) is 1. The molecule has 1 atom stereocenters. The molecule has 0 bridgehead atoms. The number of carbonyl (C=O) groups excluding carboxylic acids is 2. The lowest BCUT2D eigenvalue weighted by Crippen LogP contribution is -2.47. The van der Waals surface area contributed by atoms with Crippen LogP contribution in [0, 0.1) is 5.82 Å². The molecule has 4 rings (SSSR count). The molecule has 3 aromatic rings. The second kappa shape index (κ2) is 10.9. The van der Waals surface area contributed by atoms with Gasteiger partial charge < -0.3 is 10.1 Å². The van der Waals surface area contributed by atoms with Crippen LogP contribution in [0.25, 0.3) is 0 Å². The lowest BCUT2D eigenvalue weighted by Gasteiger charge is -2.33. The monoisotopic (exact) mass is 462 g/mol. The van der Waals surface area contributed by atoms with E-state index in [1.807, 2.05) is 0 Å². The number of nitrogens with one attached hydrogen (secondary N) is 1. The molecule has 1 aliphatic rings. The number of methoxy groups -OCH3 is 1. The first kappa shape index (κ1) is 23.4. The second-order valence-corrected chi connectivity index (χ2v) is 8.26. The van der Waals surface area contributed by atoms with E-state index in [2.05, 4.69) is 15.3 Å². The summed E-state index contributed by atoms with van der Waals surface area (Å²) >= 11 is 0. The predicted molar refractivity (Wildman–Crippen MR) is 126 cm³/mol. The molecular weight excluding hydrogens is 435 g/mol. The van der Waals surface area contributed by atoms with Crippen molar-refractivity contribution < 1.29 is 18.7 Å². The molecule has 1 heterocycles. The zero-order valence-electron chi connectivity index (χ0n) is 19.0. The maximum Gasteiger partial charge on any atom is 0.279 e. The quantitative estimate of drug-likeness (QED) is 0.560. The third-order valence-corrected chi connectivity index (χ3v) is 5.98. The summed E-state index contributed by atoms with van der Waals surface area (Å²) in [5.41, 5.74) is 0.863. The van der Waals surface area contributed by atoms with Crippen molar-refractivity contribution in [3.05, 3.63) is 84.2 Å². The van der Waals surface area contributed by atoms with Gasteiger partial charge in [-0.25, -0.2) is 9.37 Å². The Morgan fingerprint density at radius 2 is 1.85 bits per heavy atom. The van der Waals surface area contributed by atoms with Gasteiger partial charge in [0.1, 0.15) is 23.3 Å². The molecule has 34 heavy (non-hydrogen) atoms. The zero-order valence-corrected chi connectivity index (χ0v) is 19.0. The van der Waals surface area contributed by atoms with Gasteiger partial charge in [0.2, 0.25) is 5.91 Å². The van der Waals surface area contributed by atoms with Crippen molar-refractivity contribution in [2.75, 3.05) is 12.0 Å². The number of amides is 2. The predicted octanol–water partition coefficient (Wildman–Crippen LogP) is 4.46. The highest BCUT2D eigenvalue weighted by Gasteiger charge is 2.35. The van der Waals surface area contributed by atoms with Crippen LogP contribution in [0.3, 0.4) is 0 Å². The SMILES string of the molecule is COc1ccc([C@H](C(=O)NC2CCCCC2)N(C(=O)c2cnccn2)c2cccc(F)c2)cc1. The van der Waals surface area contributed by atoms with Crippen molar-refractivity contribution in [1.82, 2.24) is 15.3 Å². The van der Waals surface area contributed by atoms with E-state index in [9.17, 15) is 14.0 Å². The third-order valence-electron chi connectivity index (χ3n) is 5.98. The van der Waals surface area contributed by atoms with Gasteiger partial charge in [-0.05, 0) is 48.7 Å². The van der Waals surface area contributed by atoms with Crippen LogP contribution in [-0.2, 0) is 4.79 Å². The van der Waals surface area contributed by atoms with Crippen LogP contribution in [0.4, 0.5) is 10.1 Å². The molecule has 0 saturated heterocycles. The Kier molecular flexibility index (Phi) is 7.47. The maximum atomic E-state index is 14.2. The van der Waals surface area contributed by atoms with Gasteiger partial charge in [0, 0.05) is 24.1 Å². The molecule has 1 aromatic heterocycles. The van der Waals surface area contributed by atoms with E-state index in [1.165, 1.54) is 41.7 Å². The van der Waals surface area contributed by atoms with Crippen LogP contribution >= 0.6 is 0 Å². The Labute approximate surface area is 198 Å². The van der Waals surface area contributed by atoms with Gasteiger partial charge in [0.25, 0.3) is 5.91 Å². The third kappa shape index (κ3) is 5.39. The van der Waals surface area contributed by atoms with Gasteiger partial charge >= 0.3 is 0 Å². The summed E-state index contributed by atoms with van der Waals surface area (Å²) in [5.74, 6) is -0.791. The molecule has 2 aromatic carbocycles. The van der Waals surface area contributed by atoms with Crippen molar-refractivity contribution >= 4 is 17.5 Å². The van der Waals surface area contributed by atoms with Crippen molar-refractivity contribution in [2.24, 2.45) is 0 Å². The lowest BCUT2D eigenvalue weighted by molar-refractivity contribution is -0.123. The molecule has 2 amide bonds. The van der Waals surface area contributed by atoms with Crippen molar-refractivity contribution in [3.8, 4) is 5.75 Å². The number of nitrogens with zero attached hydrogens (tertiary/aromatic N) is 3. The Bertz CT molecular complexity index is 1120. The first-order valence-corrected chi connectivity index (χ1v) is 11.4. The molecule has 0 radical (unpaired) electrons. The number of anilines is 1. The molecule has 8 heteroatoms. The summed E-state index contributed by atoms with van der Waals surface area (Å²) in [6.45, 7) is 0. The van der Waals surface area contributed by atoms with E-state index in [0.717, 1.165) is 32.1 Å². The number of benzene rings is 2. The fraction of sp³-hybridized carbons (Fsp3) is 0.308. The van der Waals surface area contributed by atoms with Gasteiger partial charge in [-0.3, -0.25) is 19.5 Å². The average Bonchev–Trinajstić information content (AvgIpc) is 2.88. The number of carbonyl (C=O) groups is 2. The lowest BCUT2D eigenvalue weighted by atomic mass is 9.94. The van der Waals surface area contributed by atoms with Crippen LogP contribution in [0.15, 0.2) is 67.1 Å². The number of rotatable bonds is 7. The van der Waals surface area contributed by atoms with Crippen LogP contribution in [-0.4, -0.2) is 34.9 Å². The van der Waals surface area contributed by atoms with Crippen LogP contribution in [0.2, 0.25) is 0 Å². The molecule has 1 N–H and O–H groups in total. The summed E-state index contributed by atoms with van der Waals surface area (Å²) < 4.78 is 19.5. The first-order chi connectivity index (χ1) is 16.6. The van der Waals surface area contributed by atoms with E-state index < -0.39 is 17.8 Å². The summed E-state index contributed by atoms with van der Waals surface area (Å²) in [6.07, 6.45) is 9.21. The van der Waals surface area contributed by atoms with Gasteiger partial charge in [-0.2, -0.15) is 0 Å². The van der Waals surface area contributed by atoms with Gasteiger partial charge in [0.05, 0.1) is 13.3 Å². The fourth-order valence-corrected chi connectivity index (χ4v) is 4.27. The fourth-order valence-electron chi connectivity index (χ4n) is 4.27. The summed E-state index contributed by atoms with van der Waals surface area (Å²) in [5, 5.41) is 3.12. The van der Waals surface area contributed by atoms with Crippen molar-refractivity contribution in [2.45, 2.75) is 44.2 Å². The summed E-state index contributed by atoms with van der Waals surface area (Å²) in [4.78, 5) is 36.8. The van der Waals surface area contributed by atoms with Crippen molar-refractivity contribution in [3.63, 3.8) is 0 Å². The van der Waals surface area contributed by atoms with E-state index >= 15 is 0 Å². The van der Waals surface area contributed by atoms with E-state index in [0.29, 0.717) is 11.3 Å². The highest BCUT2D eigenvalue weighted by atomic mass is 19.1. The van der Waals surface area contributed by atoms with E-state index in [4.69, 9.17) is 4.74 Å². The second-order valence-electron chi connectivity index (χ2n) is 8.26. The van der Waals surface area contributed by atoms with E-state index in [-0.39, 0.29) is 23.3 Å². The van der Waals surface area contributed by atoms with Crippen molar-refractivity contribution in [1.29, 1.82) is 0 Å². The number of ether oxygens (including phenoxy) is 1. The summed E-state index contributed by atoms with van der Waals surface area (Å²) in [7, 11) is 1.55. The minimum absolute atomic E-state index is 0.0305. The average molecular weight is 463 g/mol. The van der Waals surface area contributed by atoms with Gasteiger partial charge in [-0.15, -0.1) is 0 Å². The number of aromatic nitrogens is 2. The molecule has 1 saturated carbocycles. The van der Waals surface area contributed by atoms with Crippen LogP contribution < -0.4 is 15.0 Å². The Balaban J connectivity index is 1.80. The van der Waals surface area contributed by atoms with Crippen LogP contribution in [0.5, 0.6) is 5.75 Å². The molecule has 0 spiro atoms. The Morgan fingerprint density at radius 1 is 1.09 bits per heavy atom. The minimum atomic E-state index is -1.05. The Hall–Kier alpha value is -3.81. The number of hydrogen-bond acceptors (Lipinski definition) is 5. The molecule has 1 fully saturated rings. The summed E-state index contributed by atoms with van der Waals surface area (Å²) in [6, 6.07) is 11.5. The highest BCUT2D eigenvalue weighted by Crippen LogP contribution is 2.31. The highest BCUT2D eigenvalue weighted by molar-refractivity contribution is 6.09. The topological polar surface area (TPSA) is 84.4 Å². The number of halogens is 1. The molecule has 1 aliphatic carbocycles. The van der Waals surface area contributed by atoms with Gasteiger partial charge in [0.15, 0.2) is 0 Å². The van der Waals surface area contributed by atoms with E-state index in [1.54, 1.807) is 37.4 Å². The standard InChI is InChI=1S/C26H27FN4O3/c1-34-22-12-10-18(11-13-22)24(25(32)30-20-7-3-2-4-8-20)31(21-9-5-6-19(27)16-21)26(33)23-17-28-14-15-29-23/h5-6,9-17,20,24H,2-4,7-8H2,1H3,(H,30,32)/t24-/m1/s1. The minimum Gasteiger partial charge on any atom is -0.497 e. The maximum absolute atomic E-state index is 14.2. The first-order valence-electron chi connectivity index (χ1n) is 11.4. The largest absolute Gasteiger partial charge is 0.497 e. The van der Waals surface area contributed by atoms with Gasteiger partial charge in [-0.1, -0.05) is 37.5 Å². The smallest absolute Gasteiger partial charge is 0.279 e. The molecule has 0 aliphatic heterocycles. The Morgan fingerprint density at radius 3 is 2.50 bits per heavy atom. The molecular formula is C26H27FN4O3. The zero-order chi connectivity index (χ0) is 23.9. The normalized spacial score (nSPS) is 14.8. The molecule has 0 unspecified atom stereocenters. The molecule has 7 nitrogen and oxygen atoms in total. The molecule has 176 valence electrons.